The fourth-order valence-electron chi connectivity index (χ4n) is 2.41. The third-order valence-corrected chi connectivity index (χ3v) is 3.92. The van der Waals surface area contributed by atoms with Crippen molar-refractivity contribution in [3.63, 3.8) is 0 Å². The van der Waals surface area contributed by atoms with Crippen LogP contribution in [0.2, 0.25) is 0 Å². The number of aromatic nitrogens is 2. The number of carbonyl (C=O) groups excluding carboxylic acids is 2. The first kappa shape index (κ1) is 19.7. The molecule has 0 atom stereocenters. The Kier molecular flexibility index (Phi) is 5.26. The van der Waals surface area contributed by atoms with Crippen LogP contribution in [-0.4, -0.2) is 28.8 Å². The molecule has 6 heteroatoms. The lowest BCUT2D eigenvalue weighted by Gasteiger charge is -2.23. The molecule has 0 aliphatic carbocycles. The van der Waals surface area contributed by atoms with Gasteiger partial charge in [-0.15, -0.1) is 0 Å². The summed E-state index contributed by atoms with van der Waals surface area (Å²) in [5, 5.41) is 7.62. The largest absolute Gasteiger partial charge is 0.465 e. The number of anilines is 1. The first-order valence-electron chi connectivity index (χ1n) is 8.54. The monoisotopic (exact) mass is 357 g/mol. The summed E-state index contributed by atoms with van der Waals surface area (Å²) in [4.78, 5) is 24.1. The highest BCUT2D eigenvalue weighted by Crippen LogP contribution is 2.28. The Morgan fingerprint density at radius 2 is 1.54 bits per heavy atom. The third-order valence-electron chi connectivity index (χ3n) is 3.92. The smallest absolute Gasteiger partial charge is 0.337 e. The minimum absolute atomic E-state index is 0.127. The fraction of sp³-hybridized carbons (Fsp3) is 0.450. The molecule has 1 amide bonds. The number of hydrogen-bond donors (Lipinski definition) is 1. The average Bonchev–Trinajstić information content (AvgIpc) is 2.98. The zero-order valence-electron chi connectivity index (χ0n) is 16.5. The number of esters is 1. The first-order chi connectivity index (χ1) is 11.9. The van der Waals surface area contributed by atoms with Crippen molar-refractivity contribution in [2.45, 2.75) is 52.5 Å². The summed E-state index contributed by atoms with van der Waals surface area (Å²) < 4.78 is 6.50. The van der Waals surface area contributed by atoms with Crippen molar-refractivity contribution >= 4 is 17.7 Å². The minimum Gasteiger partial charge on any atom is -0.465 e. The summed E-state index contributed by atoms with van der Waals surface area (Å²) in [6.07, 6.45) is 0. The molecule has 0 saturated heterocycles. The molecule has 0 aliphatic heterocycles. The number of nitrogens with one attached hydrogen (secondary N) is 1. The standard InChI is InChI=1S/C20H27N3O3/c1-19(2,3)15-12-16(23(22-15)20(4,5)6)21-17(24)13-8-10-14(11-9-13)18(25)26-7/h8-12H,1-7H3,(H,21,24). The Labute approximate surface area is 154 Å². The van der Waals surface area contributed by atoms with Crippen molar-refractivity contribution in [1.82, 2.24) is 9.78 Å². The number of methoxy groups -OCH3 is 1. The van der Waals surface area contributed by atoms with Crippen molar-refractivity contribution in [2.24, 2.45) is 0 Å². The lowest BCUT2D eigenvalue weighted by atomic mass is 9.92. The maximum Gasteiger partial charge on any atom is 0.337 e. The van der Waals surface area contributed by atoms with Crippen LogP contribution in [0.4, 0.5) is 5.82 Å². The molecule has 0 saturated carbocycles. The van der Waals surface area contributed by atoms with Gasteiger partial charge in [0, 0.05) is 17.0 Å². The Morgan fingerprint density at radius 3 is 2.00 bits per heavy atom. The first-order valence-corrected chi connectivity index (χ1v) is 8.54. The second-order valence-corrected chi connectivity index (χ2v) is 8.27. The quantitative estimate of drug-likeness (QED) is 0.844. The Hall–Kier alpha value is -2.63. The van der Waals surface area contributed by atoms with E-state index in [1.807, 2.05) is 31.5 Å². The van der Waals surface area contributed by atoms with E-state index in [-0.39, 0.29) is 16.9 Å². The normalized spacial score (nSPS) is 12.0. The molecule has 140 valence electrons. The second-order valence-electron chi connectivity index (χ2n) is 8.27. The molecule has 2 aromatic rings. The molecule has 1 aromatic carbocycles. The summed E-state index contributed by atoms with van der Waals surface area (Å²) >= 11 is 0. The Balaban J connectivity index is 2.31. The van der Waals surface area contributed by atoms with Crippen molar-refractivity contribution in [2.75, 3.05) is 12.4 Å². The molecule has 1 N–H and O–H groups in total. The summed E-state index contributed by atoms with van der Waals surface area (Å²) in [6.45, 7) is 12.4. The maximum atomic E-state index is 12.6. The van der Waals surface area contributed by atoms with Crippen LogP contribution in [0.15, 0.2) is 30.3 Å². The van der Waals surface area contributed by atoms with Crippen LogP contribution in [0.25, 0.3) is 0 Å². The average molecular weight is 357 g/mol. The van der Waals surface area contributed by atoms with E-state index in [1.165, 1.54) is 7.11 Å². The van der Waals surface area contributed by atoms with Crippen LogP contribution >= 0.6 is 0 Å². The lowest BCUT2D eigenvalue weighted by molar-refractivity contribution is 0.0600. The van der Waals surface area contributed by atoms with E-state index in [9.17, 15) is 9.59 Å². The SMILES string of the molecule is COC(=O)c1ccc(C(=O)Nc2cc(C(C)(C)C)nn2C(C)(C)C)cc1. The molecule has 26 heavy (non-hydrogen) atoms. The molecule has 2 rings (SSSR count). The molecular formula is C20H27N3O3. The van der Waals surface area contributed by atoms with Crippen LogP contribution in [0.3, 0.4) is 0 Å². The highest BCUT2D eigenvalue weighted by Gasteiger charge is 2.26. The van der Waals surface area contributed by atoms with Crippen molar-refractivity contribution in [3.05, 3.63) is 47.2 Å². The van der Waals surface area contributed by atoms with Crippen LogP contribution in [0.5, 0.6) is 0 Å². The van der Waals surface area contributed by atoms with Gasteiger partial charge in [-0.05, 0) is 45.0 Å². The van der Waals surface area contributed by atoms with Crippen molar-refractivity contribution in [3.8, 4) is 0 Å². The van der Waals surface area contributed by atoms with Gasteiger partial charge in [0.2, 0.25) is 0 Å². The van der Waals surface area contributed by atoms with Gasteiger partial charge in [-0.2, -0.15) is 5.10 Å². The number of carbonyl (C=O) groups is 2. The zero-order chi connectivity index (χ0) is 19.7. The Bertz CT molecular complexity index is 806. The number of nitrogens with zero attached hydrogens (tertiary/aromatic N) is 2. The molecule has 6 nitrogen and oxygen atoms in total. The predicted octanol–water partition coefficient (Wildman–Crippen LogP) is 3.97. The van der Waals surface area contributed by atoms with Crippen LogP contribution in [0.1, 0.15) is 68.0 Å². The molecular weight excluding hydrogens is 330 g/mol. The van der Waals surface area contributed by atoms with Crippen LogP contribution in [-0.2, 0) is 15.7 Å². The summed E-state index contributed by atoms with van der Waals surface area (Å²) in [6, 6.07) is 8.25. The van der Waals surface area contributed by atoms with Gasteiger partial charge in [-0.1, -0.05) is 20.8 Å². The molecule has 0 aliphatic rings. The summed E-state index contributed by atoms with van der Waals surface area (Å²) in [5.41, 5.74) is 1.36. The minimum atomic E-state index is -0.433. The Morgan fingerprint density at radius 1 is 1.00 bits per heavy atom. The highest BCUT2D eigenvalue weighted by atomic mass is 16.5. The van der Waals surface area contributed by atoms with Crippen LogP contribution in [0, 0.1) is 0 Å². The van der Waals surface area contributed by atoms with Gasteiger partial charge in [-0.25, -0.2) is 9.48 Å². The fourth-order valence-corrected chi connectivity index (χ4v) is 2.41. The van der Waals surface area contributed by atoms with Gasteiger partial charge in [-0.3, -0.25) is 4.79 Å². The second kappa shape index (κ2) is 6.94. The number of amides is 1. The van der Waals surface area contributed by atoms with E-state index in [0.717, 1.165) is 5.69 Å². The van der Waals surface area contributed by atoms with E-state index in [2.05, 4.69) is 35.9 Å². The van der Waals surface area contributed by atoms with E-state index >= 15 is 0 Å². The molecule has 0 spiro atoms. The number of ether oxygens (including phenoxy) is 1. The van der Waals surface area contributed by atoms with Gasteiger partial charge in [0.1, 0.15) is 5.82 Å². The number of hydrogen-bond acceptors (Lipinski definition) is 4. The van der Waals surface area contributed by atoms with E-state index in [0.29, 0.717) is 16.9 Å². The van der Waals surface area contributed by atoms with E-state index < -0.39 is 5.97 Å². The van der Waals surface area contributed by atoms with Gasteiger partial charge in [0.25, 0.3) is 5.91 Å². The molecule has 1 heterocycles. The molecule has 0 fully saturated rings. The highest BCUT2D eigenvalue weighted by molar-refractivity contribution is 6.04. The number of rotatable bonds is 3. The molecule has 1 aromatic heterocycles. The number of benzene rings is 1. The van der Waals surface area contributed by atoms with E-state index in [4.69, 9.17) is 0 Å². The van der Waals surface area contributed by atoms with Gasteiger partial charge in [0.15, 0.2) is 0 Å². The zero-order valence-corrected chi connectivity index (χ0v) is 16.5. The topological polar surface area (TPSA) is 73.2 Å². The molecule has 0 bridgehead atoms. The summed E-state index contributed by atoms with van der Waals surface area (Å²) in [7, 11) is 1.32. The van der Waals surface area contributed by atoms with Gasteiger partial charge in [0.05, 0.1) is 23.9 Å². The molecule has 0 radical (unpaired) electrons. The van der Waals surface area contributed by atoms with E-state index in [1.54, 1.807) is 24.3 Å². The maximum absolute atomic E-state index is 12.6. The third kappa shape index (κ3) is 4.31. The summed E-state index contributed by atoms with van der Waals surface area (Å²) in [5.74, 6) is -0.0469. The van der Waals surface area contributed by atoms with Crippen LogP contribution < -0.4 is 5.32 Å². The van der Waals surface area contributed by atoms with Gasteiger partial charge < -0.3 is 10.1 Å². The van der Waals surface area contributed by atoms with Crippen molar-refractivity contribution < 1.29 is 14.3 Å². The predicted molar refractivity (Wildman–Crippen MR) is 102 cm³/mol. The molecule has 0 unspecified atom stereocenters. The van der Waals surface area contributed by atoms with Gasteiger partial charge >= 0.3 is 5.97 Å². The van der Waals surface area contributed by atoms with Crippen molar-refractivity contribution in [1.29, 1.82) is 0 Å². The lowest BCUT2D eigenvalue weighted by Crippen LogP contribution is -2.27.